The molecule has 1 aliphatic rings. The summed E-state index contributed by atoms with van der Waals surface area (Å²) in [5.41, 5.74) is -0.0495. The first-order valence-corrected chi connectivity index (χ1v) is 8.29. The van der Waals surface area contributed by atoms with Crippen molar-refractivity contribution in [3.63, 3.8) is 0 Å². The lowest BCUT2D eigenvalue weighted by Gasteiger charge is -2.31. The van der Waals surface area contributed by atoms with Gasteiger partial charge in [0.15, 0.2) is 18.3 Å². The summed E-state index contributed by atoms with van der Waals surface area (Å²) in [5.74, 6) is -2.16. The zero-order valence-corrected chi connectivity index (χ0v) is 14.6. The van der Waals surface area contributed by atoms with Crippen molar-refractivity contribution in [1.29, 1.82) is 0 Å². The minimum Gasteiger partial charge on any atom is -0.451 e. The Labute approximate surface area is 156 Å². The normalized spacial score (nSPS) is 18.8. The van der Waals surface area contributed by atoms with Crippen LogP contribution in [0.3, 0.4) is 0 Å². The molecule has 0 saturated carbocycles. The number of alkyl halides is 3. The first-order chi connectivity index (χ1) is 13.1. The van der Waals surface area contributed by atoms with E-state index in [9.17, 15) is 27.2 Å². The molecule has 0 spiro atoms. The zero-order valence-electron chi connectivity index (χ0n) is 14.6. The van der Waals surface area contributed by atoms with E-state index in [-0.39, 0.29) is 17.9 Å². The number of hydrogen-bond donors (Lipinski definition) is 2. The lowest BCUT2D eigenvalue weighted by molar-refractivity contribution is -0.173. The van der Waals surface area contributed by atoms with Crippen molar-refractivity contribution in [1.82, 2.24) is 9.78 Å². The second-order valence-electron chi connectivity index (χ2n) is 6.33. The molecule has 1 aromatic heterocycles. The average molecular weight is 400 g/mol. The Balaban J connectivity index is 1.64. The van der Waals surface area contributed by atoms with Crippen molar-refractivity contribution in [2.45, 2.75) is 31.6 Å². The third-order valence-electron chi connectivity index (χ3n) is 4.05. The summed E-state index contributed by atoms with van der Waals surface area (Å²) >= 11 is 0. The van der Waals surface area contributed by atoms with Crippen LogP contribution in [0, 0.1) is 5.82 Å². The van der Waals surface area contributed by atoms with Crippen molar-refractivity contribution in [2.24, 2.45) is 0 Å². The molecular weight excluding hydrogens is 384 g/mol. The van der Waals surface area contributed by atoms with Crippen LogP contribution in [0.2, 0.25) is 0 Å². The number of hydrogen-bond acceptors (Lipinski definition) is 5. The summed E-state index contributed by atoms with van der Waals surface area (Å²) in [6.07, 6.45) is -4.75. The standard InChI is InChI=1S/C17H16F4N4O3/c1-9-6-13(17(19,20)21)25-14(22-9)7-12(24-25)16(27)28-8-15(26)23-11-4-2-10(18)3-5-11/h2-5,7,9,13,22H,6,8H2,1H3,(H,23,26)/t9-,13+/m0/s1. The van der Waals surface area contributed by atoms with E-state index in [1.54, 1.807) is 6.92 Å². The third-order valence-corrected chi connectivity index (χ3v) is 4.05. The van der Waals surface area contributed by atoms with E-state index in [0.717, 1.165) is 18.2 Å². The van der Waals surface area contributed by atoms with E-state index < -0.39 is 42.6 Å². The minimum atomic E-state index is -4.52. The molecule has 1 amide bonds. The van der Waals surface area contributed by atoms with Gasteiger partial charge in [-0.3, -0.25) is 4.79 Å². The van der Waals surface area contributed by atoms with E-state index in [2.05, 4.69) is 15.7 Å². The van der Waals surface area contributed by atoms with Gasteiger partial charge in [-0.15, -0.1) is 0 Å². The predicted octanol–water partition coefficient (Wildman–Crippen LogP) is 3.13. The largest absolute Gasteiger partial charge is 0.451 e. The van der Waals surface area contributed by atoms with Crippen molar-refractivity contribution in [3.05, 3.63) is 41.8 Å². The van der Waals surface area contributed by atoms with Crippen molar-refractivity contribution in [3.8, 4) is 0 Å². The summed E-state index contributed by atoms with van der Waals surface area (Å²) in [6, 6.07) is 3.76. The van der Waals surface area contributed by atoms with E-state index in [0.29, 0.717) is 10.4 Å². The molecular formula is C17H16F4N4O3. The highest BCUT2D eigenvalue weighted by Gasteiger charge is 2.45. The maximum atomic E-state index is 13.2. The summed E-state index contributed by atoms with van der Waals surface area (Å²) in [5, 5.41) is 8.90. The SMILES string of the molecule is C[C@H]1C[C@H](C(F)(F)F)n2nc(C(=O)OCC(=O)Nc3ccc(F)cc3)cc2N1. The average Bonchev–Trinajstić information content (AvgIpc) is 3.04. The van der Waals surface area contributed by atoms with Crippen LogP contribution in [0.25, 0.3) is 0 Å². The van der Waals surface area contributed by atoms with Gasteiger partial charge in [0.25, 0.3) is 5.91 Å². The first kappa shape index (κ1) is 19.6. The number of carbonyl (C=O) groups excluding carboxylic acids is 2. The Kier molecular flexibility index (Phi) is 5.25. The molecule has 0 unspecified atom stereocenters. The smallest absolute Gasteiger partial charge is 0.410 e. The Morgan fingerprint density at radius 1 is 1.32 bits per heavy atom. The summed E-state index contributed by atoms with van der Waals surface area (Å²) < 4.78 is 58.0. The quantitative estimate of drug-likeness (QED) is 0.609. The summed E-state index contributed by atoms with van der Waals surface area (Å²) in [4.78, 5) is 23.9. The number of aromatic nitrogens is 2. The molecule has 150 valence electrons. The second kappa shape index (κ2) is 7.49. The monoisotopic (exact) mass is 400 g/mol. The van der Waals surface area contributed by atoms with Gasteiger partial charge in [0.2, 0.25) is 0 Å². The van der Waals surface area contributed by atoms with Crippen molar-refractivity contribution < 1.29 is 31.9 Å². The number of carbonyl (C=O) groups is 2. The maximum absolute atomic E-state index is 13.2. The van der Waals surface area contributed by atoms with Gasteiger partial charge in [0, 0.05) is 17.8 Å². The summed E-state index contributed by atoms with van der Waals surface area (Å²) in [7, 11) is 0. The third kappa shape index (κ3) is 4.41. The number of fused-ring (bicyclic) bond motifs is 1. The highest BCUT2D eigenvalue weighted by molar-refractivity contribution is 5.95. The molecule has 0 aliphatic carbocycles. The number of esters is 1. The Hall–Kier alpha value is -3.11. The van der Waals surface area contributed by atoms with Crippen LogP contribution in [0.15, 0.2) is 30.3 Å². The molecule has 2 aromatic rings. The molecule has 2 atom stereocenters. The van der Waals surface area contributed by atoms with Gasteiger partial charge in [0.05, 0.1) is 0 Å². The van der Waals surface area contributed by atoms with Gasteiger partial charge in [-0.25, -0.2) is 13.9 Å². The maximum Gasteiger partial charge on any atom is 0.410 e. The van der Waals surface area contributed by atoms with Crippen LogP contribution in [-0.4, -0.2) is 40.5 Å². The van der Waals surface area contributed by atoms with Gasteiger partial charge >= 0.3 is 12.1 Å². The molecule has 28 heavy (non-hydrogen) atoms. The lowest BCUT2D eigenvalue weighted by Crippen LogP contribution is -2.37. The van der Waals surface area contributed by atoms with Gasteiger partial charge in [-0.05, 0) is 37.6 Å². The fraction of sp³-hybridized carbons (Fsp3) is 0.353. The van der Waals surface area contributed by atoms with E-state index in [1.165, 1.54) is 12.1 Å². The first-order valence-electron chi connectivity index (χ1n) is 8.29. The number of rotatable bonds is 4. The van der Waals surface area contributed by atoms with Crippen LogP contribution < -0.4 is 10.6 Å². The number of benzene rings is 1. The zero-order chi connectivity index (χ0) is 20.5. The lowest BCUT2D eigenvalue weighted by atomic mass is 10.1. The molecule has 11 heteroatoms. The Morgan fingerprint density at radius 3 is 2.64 bits per heavy atom. The van der Waals surface area contributed by atoms with E-state index in [1.807, 2.05) is 0 Å². The topological polar surface area (TPSA) is 85.2 Å². The molecule has 0 bridgehead atoms. The Morgan fingerprint density at radius 2 is 2.00 bits per heavy atom. The van der Waals surface area contributed by atoms with Crippen LogP contribution >= 0.6 is 0 Å². The molecule has 0 fully saturated rings. The highest BCUT2D eigenvalue weighted by Crippen LogP contribution is 2.39. The molecule has 0 saturated heterocycles. The number of nitrogens with zero attached hydrogens (tertiary/aromatic N) is 2. The van der Waals surface area contributed by atoms with E-state index in [4.69, 9.17) is 4.74 Å². The number of nitrogens with one attached hydrogen (secondary N) is 2. The van der Waals surface area contributed by atoms with Crippen LogP contribution in [0.5, 0.6) is 0 Å². The van der Waals surface area contributed by atoms with Crippen LogP contribution in [-0.2, 0) is 9.53 Å². The van der Waals surface area contributed by atoms with Gasteiger partial charge in [-0.1, -0.05) is 0 Å². The fourth-order valence-corrected chi connectivity index (χ4v) is 2.79. The molecule has 0 radical (unpaired) electrons. The number of halogens is 4. The number of anilines is 2. The van der Waals surface area contributed by atoms with Crippen molar-refractivity contribution >= 4 is 23.4 Å². The molecule has 2 heterocycles. The molecule has 1 aromatic carbocycles. The van der Waals surface area contributed by atoms with Crippen molar-refractivity contribution in [2.75, 3.05) is 17.2 Å². The van der Waals surface area contributed by atoms with Gasteiger partial charge in [0.1, 0.15) is 11.6 Å². The van der Waals surface area contributed by atoms with E-state index >= 15 is 0 Å². The minimum absolute atomic E-state index is 0.0452. The fourth-order valence-electron chi connectivity index (χ4n) is 2.79. The predicted molar refractivity (Wildman–Crippen MR) is 90.3 cm³/mol. The number of amides is 1. The summed E-state index contributed by atoms with van der Waals surface area (Å²) in [6.45, 7) is 0.915. The Bertz CT molecular complexity index is 880. The number of ether oxygens (including phenoxy) is 1. The second-order valence-corrected chi connectivity index (χ2v) is 6.33. The van der Waals surface area contributed by atoms with Crippen LogP contribution in [0.1, 0.15) is 29.9 Å². The van der Waals surface area contributed by atoms with Gasteiger partial charge < -0.3 is 15.4 Å². The molecule has 2 N–H and O–H groups in total. The van der Waals surface area contributed by atoms with Crippen LogP contribution in [0.4, 0.5) is 29.1 Å². The van der Waals surface area contributed by atoms with Gasteiger partial charge in [-0.2, -0.15) is 18.3 Å². The molecule has 7 nitrogen and oxygen atoms in total. The molecule has 1 aliphatic heterocycles. The molecule has 3 rings (SSSR count). The highest BCUT2D eigenvalue weighted by atomic mass is 19.4.